The van der Waals surface area contributed by atoms with Crippen LogP contribution in [0.3, 0.4) is 0 Å². The maximum Gasteiger partial charge on any atom is 0.437 e. The van der Waals surface area contributed by atoms with Crippen molar-refractivity contribution in [3.63, 3.8) is 0 Å². The minimum atomic E-state index is -5.33. The number of Topliss-reactive ketones (excluding diaryl/α,β-unsaturated/α-hetero) is 1. The molecule has 0 radical (unpaired) electrons. The number of hydrogen-bond acceptors (Lipinski definition) is 4. The number of nitrogens with one attached hydrogen (secondary N) is 2. The van der Waals surface area contributed by atoms with Crippen molar-refractivity contribution in [2.24, 2.45) is 5.92 Å². The normalized spacial score (nSPS) is 23.5. The summed E-state index contributed by atoms with van der Waals surface area (Å²) in [5.41, 5.74) is -3.73. The summed E-state index contributed by atoms with van der Waals surface area (Å²) in [4.78, 5) is 25.2. The lowest BCUT2D eigenvalue weighted by Crippen LogP contribution is -2.72. The number of aliphatic hydroxyl groups is 1. The van der Waals surface area contributed by atoms with E-state index in [1.165, 1.54) is 59.9 Å². The van der Waals surface area contributed by atoms with E-state index >= 15 is 0 Å². The third-order valence-electron chi connectivity index (χ3n) is 4.82. The maximum absolute atomic E-state index is 13.9. The van der Waals surface area contributed by atoms with Crippen LogP contribution >= 0.6 is 11.6 Å². The number of benzene rings is 2. The van der Waals surface area contributed by atoms with Crippen molar-refractivity contribution in [3.8, 4) is 5.75 Å². The van der Waals surface area contributed by atoms with Crippen LogP contribution in [0.1, 0.15) is 22.0 Å². The number of hydrogen-bond donors (Lipinski definition) is 3. The number of carbonyl (C=O) groups is 2. The molecule has 2 aromatic carbocycles. The molecule has 6 nitrogen and oxygen atoms in total. The van der Waals surface area contributed by atoms with Gasteiger partial charge in [0.2, 0.25) is 5.72 Å². The van der Waals surface area contributed by atoms with E-state index in [0.717, 1.165) is 0 Å². The number of amides is 2. The summed E-state index contributed by atoms with van der Waals surface area (Å²) in [7, 11) is 0. The van der Waals surface area contributed by atoms with Crippen LogP contribution in [-0.4, -0.2) is 35.4 Å². The monoisotopic (exact) mass is 454 g/mol. The SMILES string of the molecule is C=CCOc1ccc(C2NC(=O)NC(O)(C(F)(F)F)C2C(=O)c2ccc(Cl)cc2)cc1. The van der Waals surface area contributed by atoms with E-state index in [1.54, 1.807) is 0 Å². The van der Waals surface area contributed by atoms with Crippen LogP contribution in [0, 0.1) is 5.92 Å². The zero-order chi connectivity index (χ0) is 22.8. The van der Waals surface area contributed by atoms with E-state index in [1.807, 2.05) is 0 Å². The summed E-state index contributed by atoms with van der Waals surface area (Å²) in [6, 6.07) is 8.22. The van der Waals surface area contributed by atoms with Gasteiger partial charge in [0.1, 0.15) is 18.3 Å². The molecule has 0 spiro atoms. The van der Waals surface area contributed by atoms with E-state index in [4.69, 9.17) is 16.3 Å². The third kappa shape index (κ3) is 4.52. The second-order valence-electron chi connectivity index (χ2n) is 6.86. The van der Waals surface area contributed by atoms with Crippen LogP contribution in [0.15, 0.2) is 61.2 Å². The van der Waals surface area contributed by atoms with Crippen molar-refractivity contribution in [3.05, 3.63) is 77.3 Å². The predicted molar refractivity (Wildman–Crippen MR) is 107 cm³/mol. The van der Waals surface area contributed by atoms with Crippen LogP contribution in [0.2, 0.25) is 5.02 Å². The number of rotatable bonds is 6. The Labute approximate surface area is 180 Å². The Bertz CT molecular complexity index is 980. The molecule has 164 valence electrons. The standard InChI is InChI=1S/C21H18ClF3N2O4/c1-2-11-31-15-9-5-12(6-10-15)17-16(18(28)13-3-7-14(22)8-4-13)20(30,21(23,24)25)27-19(29)26-17/h2-10,16-17,30H,1,11H2,(H2,26,27,29). The lowest BCUT2D eigenvalue weighted by atomic mass is 9.77. The van der Waals surface area contributed by atoms with Crippen molar-refractivity contribution in [2.75, 3.05) is 6.61 Å². The fourth-order valence-electron chi connectivity index (χ4n) is 3.34. The molecule has 0 aromatic heterocycles. The summed E-state index contributed by atoms with van der Waals surface area (Å²) in [6.07, 6.45) is -3.81. The Morgan fingerprint density at radius 1 is 1.19 bits per heavy atom. The van der Waals surface area contributed by atoms with Crippen LogP contribution in [0.5, 0.6) is 5.75 Å². The van der Waals surface area contributed by atoms with Crippen LogP contribution in [-0.2, 0) is 0 Å². The Morgan fingerprint density at radius 2 is 1.81 bits per heavy atom. The molecule has 0 saturated carbocycles. The Balaban J connectivity index is 2.07. The van der Waals surface area contributed by atoms with E-state index in [0.29, 0.717) is 5.75 Å². The van der Waals surface area contributed by atoms with Crippen molar-refractivity contribution < 1.29 is 32.6 Å². The molecule has 0 bridgehead atoms. The van der Waals surface area contributed by atoms with Gasteiger partial charge in [-0.25, -0.2) is 4.79 Å². The minimum Gasteiger partial charge on any atom is -0.490 e. The minimum absolute atomic E-state index is 0.106. The first kappa shape index (κ1) is 22.6. The fraction of sp³-hybridized carbons (Fsp3) is 0.238. The van der Waals surface area contributed by atoms with E-state index in [2.05, 4.69) is 11.9 Å². The molecule has 3 unspecified atom stereocenters. The van der Waals surface area contributed by atoms with Crippen molar-refractivity contribution in [1.82, 2.24) is 10.6 Å². The first-order chi connectivity index (χ1) is 14.6. The van der Waals surface area contributed by atoms with Crippen molar-refractivity contribution in [1.29, 1.82) is 0 Å². The van der Waals surface area contributed by atoms with E-state index < -0.39 is 35.7 Å². The van der Waals surface area contributed by atoms with Gasteiger partial charge in [-0.05, 0) is 42.0 Å². The molecule has 1 saturated heterocycles. The Morgan fingerprint density at radius 3 is 2.35 bits per heavy atom. The molecule has 1 aliphatic heterocycles. The van der Waals surface area contributed by atoms with E-state index in [9.17, 15) is 27.9 Å². The number of urea groups is 1. The van der Waals surface area contributed by atoms with Gasteiger partial charge in [-0.15, -0.1) is 0 Å². The van der Waals surface area contributed by atoms with Gasteiger partial charge < -0.3 is 20.5 Å². The summed E-state index contributed by atoms with van der Waals surface area (Å²) < 4.78 is 47.0. The van der Waals surface area contributed by atoms with Crippen molar-refractivity contribution >= 4 is 23.4 Å². The largest absolute Gasteiger partial charge is 0.490 e. The summed E-state index contributed by atoms with van der Waals surface area (Å²) in [6.45, 7) is 3.74. The second kappa shape index (κ2) is 8.60. The smallest absolute Gasteiger partial charge is 0.437 e. The highest BCUT2D eigenvalue weighted by atomic mass is 35.5. The van der Waals surface area contributed by atoms with Gasteiger partial charge in [-0.2, -0.15) is 13.2 Å². The lowest BCUT2D eigenvalue weighted by molar-refractivity contribution is -0.287. The molecule has 1 heterocycles. The molecular formula is C21H18ClF3N2O4. The first-order valence-electron chi connectivity index (χ1n) is 9.08. The number of carbonyl (C=O) groups excluding carboxylic acids is 2. The molecule has 3 rings (SSSR count). The zero-order valence-electron chi connectivity index (χ0n) is 15.9. The number of alkyl halides is 3. The Kier molecular flexibility index (Phi) is 6.28. The maximum atomic E-state index is 13.9. The van der Waals surface area contributed by atoms with Gasteiger partial charge in [-0.1, -0.05) is 36.4 Å². The highest BCUT2D eigenvalue weighted by molar-refractivity contribution is 6.30. The molecule has 10 heteroatoms. The lowest BCUT2D eigenvalue weighted by Gasteiger charge is -2.45. The average Bonchev–Trinajstić information content (AvgIpc) is 2.71. The summed E-state index contributed by atoms with van der Waals surface area (Å²) in [5.74, 6) is -2.73. The van der Waals surface area contributed by atoms with Crippen LogP contribution in [0.25, 0.3) is 0 Å². The van der Waals surface area contributed by atoms with E-state index in [-0.39, 0.29) is 22.8 Å². The van der Waals surface area contributed by atoms with Gasteiger partial charge in [-0.3, -0.25) is 4.79 Å². The summed E-state index contributed by atoms with van der Waals surface area (Å²) >= 11 is 5.80. The molecule has 0 aliphatic carbocycles. The predicted octanol–water partition coefficient (Wildman–Crippen LogP) is 4.01. The van der Waals surface area contributed by atoms with Crippen LogP contribution < -0.4 is 15.4 Å². The topological polar surface area (TPSA) is 87.7 Å². The quantitative estimate of drug-likeness (QED) is 0.454. The molecule has 3 N–H and O–H groups in total. The second-order valence-corrected chi connectivity index (χ2v) is 7.29. The van der Waals surface area contributed by atoms with Gasteiger partial charge in [0.05, 0.1) is 6.04 Å². The average molecular weight is 455 g/mol. The molecule has 1 aliphatic rings. The molecule has 2 amide bonds. The first-order valence-corrected chi connectivity index (χ1v) is 9.46. The Hall–Kier alpha value is -3.04. The highest BCUT2D eigenvalue weighted by Crippen LogP contribution is 2.44. The third-order valence-corrected chi connectivity index (χ3v) is 5.08. The highest BCUT2D eigenvalue weighted by Gasteiger charge is 2.66. The molecule has 3 atom stereocenters. The molecule has 2 aromatic rings. The van der Waals surface area contributed by atoms with Crippen molar-refractivity contribution in [2.45, 2.75) is 17.9 Å². The van der Waals surface area contributed by atoms with Crippen LogP contribution in [0.4, 0.5) is 18.0 Å². The number of halogens is 4. The van der Waals surface area contributed by atoms with Gasteiger partial charge in [0, 0.05) is 10.6 Å². The van der Waals surface area contributed by atoms with Gasteiger partial charge in [0.25, 0.3) is 0 Å². The summed E-state index contributed by atoms with van der Waals surface area (Å²) in [5, 5.41) is 14.6. The number of ketones is 1. The van der Waals surface area contributed by atoms with Gasteiger partial charge in [0.15, 0.2) is 5.78 Å². The molecule has 31 heavy (non-hydrogen) atoms. The molecule has 1 fully saturated rings. The molecular weight excluding hydrogens is 437 g/mol. The fourth-order valence-corrected chi connectivity index (χ4v) is 3.46. The zero-order valence-corrected chi connectivity index (χ0v) is 16.7. The number of ether oxygens (including phenoxy) is 1. The van der Waals surface area contributed by atoms with Gasteiger partial charge >= 0.3 is 12.2 Å².